The Balaban J connectivity index is 1.31. The Labute approximate surface area is 300 Å². The summed E-state index contributed by atoms with van der Waals surface area (Å²) in [4.78, 5) is 17.0. The highest BCUT2D eigenvalue weighted by Gasteiger charge is 2.42. The minimum absolute atomic E-state index is 0.152. The van der Waals surface area contributed by atoms with Crippen molar-refractivity contribution in [3.05, 3.63) is 179 Å². The molecule has 1 N–H and O–H groups in total. The molecular formula is C43H34N6O3. The third-order valence-electron chi connectivity index (χ3n) is 9.45. The fraction of sp³-hybridized carbons (Fsp3) is 0.0930. The lowest BCUT2D eigenvalue weighted by molar-refractivity contribution is 0.0698. The van der Waals surface area contributed by atoms with E-state index in [9.17, 15) is 9.90 Å². The second kappa shape index (κ2) is 13.4. The predicted molar refractivity (Wildman–Crippen MR) is 201 cm³/mol. The number of tetrazole rings is 1. The van der Waals surface area contributed by atoms with E-state index in [-0.39, 0.29) is 5.56 Å². The van der Waals surface area contributed by atoms with Gasteiger partial charge in [-0.2, -0.15) is 4.98 Å². The normalized spacial score (nSPS) is 11.5. The lowest BCUT2D eigenvalue weighted by Gasteiger charge is -2.36. The molecule has 6 aromatic carbocycles. The lowest BCUT2D eigenvalue weighted by atomic mass is 9.77. The molecule has 254 valence electrons. The van der Waals surface area contributed by atoms with Crippen LogP contribution in [0.3, 0.4) is 0 Å². The van der Waals surface area contributed by atoms with Crippen LogP contribution in [0.15, 0.2) is 152 Å². The zero-order valence-corrected chi connectivity index (χ0v) is 28.6. The van der Waals surface area contributed by atoms with Gasteiger partial charge in [0.1, 0.15) is 5.54 Å². The van der Waals surface area contributed by atoms with Gasteiger partial charge in [0.2, 0.25) is 0 Å². The van der Waals surface area contributed by atoms with Gasteiger partial charge in [0, 0.05) is 5.56 Å². The minimum Gasteiger partial charge on any atom is -0.478 e. The molecule has 0 unspecified atom stereocenters. The van der Waals surface area contributed by atoms with Gasteiger partial charge < -0.3 is 9.84 Å². The van der Waals surface area contributed by atoms with E-state index in [2.05, 4.69) is 47.7 Å². The van der Waals surface area contributed by atoms with Crippen molar-refractivity contribution in [2.45, 2.75) is 19.4 Å². The fourth-order valence-corrected chi connectivity index (χ4v) is 7.13. The molecule has 0 aliphatic heterocycles. The molecule has 0 radical (unpaired) electrons. The number of aryl methyl sites for hydroxylation is 1. The van der Waals surface area contributed by atoms with E-state index in [1.165, 1.54) is 0 Å². The molecule has 0 spiro atoms. The van der Waals surface area contributed by atoms with E-state index < -0.39 is 11.5 Å². The number of carboxylic acids is 1. The van der Waals surface area contributed by atoms with Crippen molar-refractivity contribution in [3.63, 3.8) is 0 Å². The first kappa shape index (κ1) is 32.3. The summed E-state index contributed by atoms with van der Waals surface area (Å²) in [6.45, 7) is 4.17. The number of ether oxygens (including phenoxy) is 1. The van der Waals surface area contributed by atoms with E-state index in [1.54, 1.807) is 16.7 Å². The van der Waals surface area contributed by atoms with Crippen LogP contribution in [0.1, 0.15) is 39.5 Å². The molecule has 2 aromatic heterocycles. The molecule has 9 heteroatoms. The Morgan fingerprint density at radius 1 is 0.712 bits per heavy atom. The SMILES string of the molecule is CCOc1nc2c(C)ccc(C(=O)O)c2n1-c1ccc(-c2ccccc2-c2nnnn2C(c2ccccc2)(c2ccccc2)c2ccccc2)cc1. The van der Waals surface area contributed by atoms with Crippen molar-refractivity contribution in [2.75, 3.05) is 6.61 Å². The van der Waals surface area contributed by atoms with E-state index in [1.807, 2.05) is 116 Å². The molecule has 0 fully saturated rings. The van der Waals surface area contributed by atoms with Gasteiger partial charge in [-0.1, -0.05) is 133 Å². The van der Waals surface area contributed by atoms with Crippen molar-refractivity contribution >= 4 is 17.0 Å². The van der Waals surface area contributed by atoms with Crippen LogP contribution in [0.25, 0.3) is 39.2 Å². The summed E-state index contributed by atoms with van der Waals surface area (Å²) in [5.74, 6) is -0.438. The first-order valence-electron chi connectivity index (χ1n) is 17.1. The Morgan fingerprint density at radius 2 is 1.27 bits per heavy atom. The highest BCUT2D eigenvalue weighted by molar-refractivity contribution is 6.03. The summed E-state index contributed by atoms with van der Waals surface area (Å²) >= 11 is 0. The summed E-state index contributed by atoms with van der Waals surface area (Å²) in [5.41, 5.74) is 7.64. The molecule has 0 atom stereocenters. The van der Waals surface area contributed by atoms with Crippen molar-refractivity contribution < 1.29 is 14.6 Å². The monoisotopic (exact) mass is 682 g/mol. The number of fused-ring (bicyclic) bond motifs is 1. The summed E-state index contributed by atoms with van der Waals surface area (Å²) in [6.07, 6.45) is 0. The van der Waals surface area contributed by atoms with Gasteiger partial charge in [-0.25, -0.2) is 9.48 Å². The average molecular weight is 683 g/mol. The van der Waals surface area contributed by atoms with Gasteiger partial charge in [0.25, 0.3) is 0 Å². The van der Waals surface area contributed by atoms with Gasteiger partial charge in [0.15, 0.2) is 5.82 Å². The highest BCUT2D eigenvalue weighted by Crippen LogP contribution is 2.43. The van der Waals surface area contributed by atoms with Crippen LogP contribution >= 0.6 is 0 Å². The van der Waals surface area contributed by atoms with Crippen LogP contribution in [0, 0.1) is 6.92 Å². The van der Waals surface area contributed by atoms with E-state index >= 15 is 0 Å². The number of carboxylic acid groups (broad SMARTS) is 1. The number of aromatic carboxylic acids is 1. The topological polar surface area (TPSA) is 108 Å². The number of hydrogen-bond acceptors (Lipinski definition) is 6. The van der Waals surface area contributed by atoms with Crippen molar-refractivity contribution in [2.24, 2.45) is 0 Å². The maximum absolute atomic E-state index is 12.3. The molecule has 0 saturated carbocycles. The van der Waals surface area contributed by atoms with Gasteiger partial charge in [-0.15, -0.1) is 5.10 Å². The minimum atomic E-state index is -1.03. The van der Waals surface area contributed by atoms with Crippen LogP contribution in [0.5, 0.6) is 6.01 Å². The molecule has 0 amide bonds. The molecule has 9 nitrogen and oxygen atoms in total. The number of aromatic nitrogens is 6. The number of imidazole rings is 1. The number of rotatable bonds is 10. The smallest absolute Gasteiger partial charge is 0.337 e. The van der Waals surface area contributed by atoms with Crippen molar-refractivity contribution in [3.8, 4) is 34.2 Å². The highest BCUT2D eigenvalue weighted by atomic mass is 16.5. The van der Waals surface area contributed by atoms with Crippen LogP contribution < -0.4 is 4.74 Å². The summed E-state index contributed by atoms with van der Waals surface area (Å²) < 4.78 is 9.65. The largest absolute Gasteiger partial charge is 0.478 e. The lowest BCUT2D eigenvalue weighted by Crippen LogP contribution is -2.39. The molecule has 0 aliphatic carbocycles. The van der Waals surface area contributed by atoms with E-state index in [0.29, 0.717) is 29.5 Å². The number of nitrogens with zero attached hydrogens (tertiary/aromatic N) is 6. The summed E-state index contributed by atoms with van der Waals surface area (Å²) in [6, 6.07) is 50.7. The Morgan fingerprint density at radius 3 is 1.83 bits per heavy atom. The van der Waals surface area contributed by atoms with Crippen LogP contribution in [-0.2, 0) is 5.54 Å². The maximum atomic E-state index is 12.3. The molecule has 0 aliphatic rings. The van der Waals surface area contributed by atoms with Gasteiger partial charge in [-0.05, 0) is 75.9 Å². The number of hydrogen-bond donors (Lipinski definition) is 1. The molecule has 0 saturated heterocycles. The number of carbonyl (C=O) groups is 1. The first-order valence-corrected chi connectivity index (χ1v) is 17.1. The summed E-state index contributed by atoms with van der Waals surface area (Å²) in [7, 11) is 0. The van der Waals surface area contributed by atoms with Gasteiger partial charge in [-0.3, -0.25) is 4.57 Å². The average Bonchev–Trinajstić information content (AvgIpc) is 3.83. The second-order valence-corrected chi connectivity index (χ2v) is 12.4. The molecular weight excluding hydrogens is 649 g/mol. The zero-order chi connectivity index (χ0) is 35.7. The van der Waals surface area contributed by atoms with Gasteiger partial charge in [0.05, 0.1) is 28.9 Å². The Bertz CT molecular complexity index is 2410. The first-order chi connectivity index (χ1) is 25.5. The quantitative estimate of drug-likeness (QED) is 0.144. The fourth-order valence-electron chi connectivity index (χ4n) is 7.13. The van der Waals surface area contributed by atoms with E-state index in [0.717, 1.165) is 44.6 Å². The Kier molecular flexibility index (Phi) is 8.36. The second-order valence-electron chi connectivity index (χ2n) is 12.4. The van der Waals surface area contributed by atoms with Crippen LogP contribution in [-0.4, -0.2) is 47.4 Å². The molecule has 52 heavy (non-hydrogen) atoms. The predicted octanol–water partition coefficient (Wildman–Crippen LogP) is 8.59. The van der Waals surface area contributed by atoms with Gasteiger partial charge >= 0.3 is 12.0 Å². The zero-order valence-electron chi connectivity index (χ0n) is 28.6. The molecule has 2 heterocycles. The van der Waals surface area contributed by atoms with Crippen molar-refractivity contribution in [1.29, 1.82) is 0 Å². The standard InChI is InChI=1S/C43H34N6O3/c1-3-52-42-44-38-29(2)23-28-37(41(50)51)39(38)48(42)34-26-24-30(25-27-34)35-21-13-14-22-36(35)40-45-46-47-49(40)43(31-15-7-4-8-16-31,32-17-9-5-10-18-32)33-19-11-6-12-20-33/h4-28H,3H2,1-2H3,(H,50,51). The Hall–Kier alpha value is -6.87. The summed E-state index contributed by atoms with van der Waals surface area (Å²) in [5, 5.41) is 23.8. The maximum Gasteiger partial charge on any atom is 0.337 e. The third-order valence-corrected chi connectivity index (χ3v) is 9.45. The van der Waals surface area contributed by atoms with Crippen LogP contribution in [0.4, 0.5) is 0 Å². The molecule has 8 rings (SSSR count). The molecule has 0 bridgehead atoms. The third kappa shape index (κ3) is 5.30. The number of benzene rings is 6. The van der Waals surface area contributed by atoms with Crippen LogP contribution in [0.2, 0.25) is 0 Å². The van der Waals surface area contributed by atoms with E-state index in [4.69, 9.17) is 20.0 Å². The van der Waals surface area contributed by atoms with Crippen molar-refractivity contribution in [1.82, 2.24) is 29.8 Å². The molecule has 8 aromatic rings.